The van der Waals surface area contributed by atoms with Crippen LogP contribution in [0.3, 0.4) is 0 Å². The van der Waals surface area contributed by atoms with Crippen molar-refractivity contribution in [3.05, 3.63) is 39.9 Å². The van der Waals surface area contributed by atoms with Crippen molar-refractivity contribution in [2.75, 3.05) is 0 Å². The monoisotopic (exact) mass is 305 g/mol. The summed E-state index contributed by atoms with van der Waals surface area (Å²) in [7, 11) is 0. The maximum atomic E-state index is 12.2. The number of nitro groups is 1. The zero-order valence-electron chi connectivity index (χ0n) is 12.2. The van der Waals surface area contributed by atoms with E-state index in [-0.39, 0.29) is 17.2 Å². The Morgan fingerprint density at radius 2 is 1.95 bits per heavy atom. The lowest BCUT2D eigenvalue weighted by Crippen LogP contribution is -2.49. The zero-order valence-corrected chi connectivity index (χ0v) is 12.2. The van der Waals surface area contributed by atoms with Crippen LogP contribution < -0.4 is 11.1 Å². The van der Waals surface area contributed by atoms with E-state index in [9.17, 15) is 19.7 Å². The number of rotatable bonds is 5. The van der Waals surface area contributed by atoms with Crippen LogP contribution in [0.5, 0.6) is 0 Å². The van der Waals surface area contributed by atoms with E-state index in [2.05, 4.69) is 5.32 Å². The lowest BCUT2D eigenvalue weighted by atomic mass is 9.83. The van der Waals surface area contributed by atoms with Gasteiger partial charge in [-0.1, -0.05) is 25.3 Å². The molecule has 1 aromatic carbocycles. The summed E-state index contributed by atoms with van der Waals surface area (Å²) in [5.74, 6) is -1.04. The maximum Gasteiger partial charge on any atom is 0.270 e. The number of non-ortho nitro benzene ring substituents is 1. The number of benzene rings is 1. The first-order valence-electron chi connectivity index (χ1n) is 7.33. The Kier molecular flexibility index (Phi) is 5.08. The molecular formula is C15H19N3O4. The Bertz CT molecular complexity index is 582. The van der Waals surface area contributed by atoms with Gasteiger partial charge in [0, 0.05) is 17.7 Å². The quantitative estimate of drug-likeness (QED) is 0.637. The van der Waals surface area contributed by atoms with E-state index in [1.807, 2.05) is 0 Å². The molecule has 0 heterocycles. The van der Waals surface area contributed by atoms with E-state index in [1.165, 1.54) is 24.3 Å². The third-order valence-corrected chi connectivity index (χ3v) is 4.03. The molecule has 0 spiro atoms. The van der Waals surface area contributed by atoms with Crippen molar-refractivity contribution in [3.8, 4) is 0 Å². The van der Waals surface area contributed by atoms with Crippen LogP contribution in [-0.2, 0) is 4.79 Å². The number of hydrogen-bond acceptors (Lipinski definition) is 4. The second-order valence-electron chi connectivity index (χ2n) is 5.56. The van der Waals surface area contributed by atoms with Crippen molar-refractivity contribution in [2.24, 2.45) is 11.7 Å². The molecule has 0 saturated heterocycles. The number of primary amides is 1. The van der Waals surface area contributed by atoms with Crippen molar-refractivity contribution in [2.45, 2.75) is 38.1 Å². The van der Waals surface area contributed by atoms with Crippen molar-refractivity contribution >= 4 is 17.5 Å². The van der Waals surface area contributed by atoms with Crippen molar-refractivity contribution in [1.82, 2.24) is 5.32 Å². The van der Waals surface area contributed by atoms with Crippen LogP contribution in [0.2, 0.25) is 0 Å². The second kappa shape index (κ2) is 7.02. The van der Waals surface area contributed by atoms with E-state index in [0.29, 0.717) is 0 Å². The van der Waals surface area contributed by atoms with Crippen LogP contribution in [-0.4, -0.2) is 22.8 Å². The van der Waals surface area contributed by atoms with Crippen LogP contribution in [0, 0.1) is 16.0 Å². The lowest BCUT2D eigenvalue weighted by molar-refractivity contribution is -0.384. The third kappa shape index (κ3) is 3.81. The minimum Gasteiger partial charge on any atom is -0.368 e. The fourth-order valence-corrected chi connectivity index (χ4v) is 2.87. The van der Waals surface area contributed by atoms with Gasteiger partial charge in [0.05, 0.1) is 4.92 Å². The minimum absolute atomic E-state index is 0.0360. The van der Waals surface area contributed by atoms with Crippen LogP contribution >= 0.6 is 0 Å². The number of nitrogens with two attached hydrogens (primary N) is 1. The van der Waals surface area contributed by atoms with Crippen LogP contribution in [0.25, 0.3) is 0 Å². The first-order chi connectivity index (χ1) is 10.5. The average molecular weight is 305 g/mol. The Labute approximate surface area is 128 Å². The molecule has 1 aliphatic carbocycles. The van der Waals surface area contributed by atoms with Gasteiger partial charge in [-0.2, -0.15) is 0 Å². The first-order valence-corrected chi connectivity index (χ1v) is 7.33. The highest BCUT2D eigenvalue weighted by Crippen LogP contribution is 2.26. The summed E-state index contributed by atoms with van der Waals surface area (Å²) in [4.78, 5) is 34.1. The Balaban J connectivity index is 2.12. The second-order valence-corrected chi connectivity index (χ2v) is 5.56. The van der Waals surface area contributed by atoms with Crippen LogP contribution in [0.4, 0.5) is 5.69 Å². The van der Waals surface area contributed by atoms with Gasteiger partial charge in [0.1, 0.15) is 6.04 Å². The van der Waals surface area contributed by atoms with E-state index < -0.39 is 22.8 Å². The highest BCUT2D eigenvalue weighted by atomic mass is 16.6. The number of carbonyl (C=O) groups excluding carboxylic acids is 2. The van der Waals surface area contributed by atoms with E-state index in [0.717, 1.165) is 32.1 Å². The molecule has 2 rings (SSSR count). The highest BCUT2D eigenvalue weighted by molar-refractivity contribution is 5.97. The number of hydrogen-bond donors (Lipinski definition) is 2. The zero-order chi connectivity index (χ0) is 16.1. The van der Waals surface area contributed by atoms with Gasteiger partial charge < -0.3 is 11.1 Å². The van der Waals surface area contributed by atoms with E-state index >= 15 is 0 Å². The third-order valence-electron chi connectivity index (χ3n) is 4.03. The number of nitro benzene ring substituents is 1. The molecule has 0 radical (unpaired) electrons. The van der Waals surface area contributed by atoms with Gasteiger partial charge in [-0.3, -0.25) is 19.7 Å². The predicted molar refractivity (Wildman–Crippen MR) is 80.1 cm³/mol. The van der Waals surface area contributed by atoms with Crippen LogP contribution in [0.15, 0.2) is 24.3 Å². The molecular weight excluding hydrogens is 286 g/mol. The van der Waals surface area contributed by atoms with Crippen LogP contribution in [0.1, 0.15) is 42.5 Å². The summed E-state index contributed by atoms with van der Waals surface area (Å²) >= 11 is 0. The molecule has 0 bridgehead atoms. The van der Waals surface area contributed by atoms with Crippen molar-refractivity contribution in [3.63, 3.8) is 0 Å². The molecule has 118 valence electrons. The Hall–Kier alpha value is -2.44. The summed E-state index contributed by atoms with van der Waals surface area (Å²) in [5.41, 5.74) is 5.39. The van der Waals surface area contributed by atoms with Gasteiger partial charge in [0.25, 0.3) is 11.6 Å². The fraction of sp³-hybridized carbons (Fsp3) is 0.467. The van der Waals surface area contributed by atoms with Gasteiger partial charge >= 0.3 is 0 Å². The molecule has 22 heavy (non-hydrogen) atoms. The molecule has 2 amide bonds. The summed E-state index contributed by atoms with van der Waals surface area (Å²) in [6.07, 6.45) is 4.86. The summed E-state index contributed by atoms with van der Waals surface area (Å²) < 4.78 is 0. The molecule has 0 aliphatic heterocycles. The Morgan fingerprint density at radius 3 is 2.55 bits per heavy atom. The Morgan fingerprint density at radius 1 is 1.27 bits per heavy atom. The molecule has 1 fully saturated rings. The first kappa shape index (κ1) is 15.9. The maximum absolute atomic E-state index is 12.2. The number of nitrogens with zero attached hydrogens (tertiary/aromatic N) is 1. The molecule has 1 saturated carbocycles. The fourth-order valence-electron chi connectivity index (χ4n) is 2.87. The normalized spacial score (nSPS) is 16.7. The molecule has 3 N–H and O–H groups in total. The molecule has 7 nitrogen and oxygen atoms in total. The van der Waals surface area contributed by atoms with Gasteiger partial charge in [-0.15, -0.1) is 0 Å². The molecule has 1 aromatic rings. The topological polar surface area (TPSA) is 115 Å². The number of amides is 2. The SMILES string of the molecule is NC(=O)[C@@H](NC(=O)c1cccc([N+](=O)[O-])c1)C1CCCCC1. The average Bonchev–Trinajstić information content (AvgIpc) is 2.53. The highest BCUT2D eigenvalue weighted by Gasteiger charge is 2.29. The van der Waals surface area contributed by atoms with Crippen molar-refractivity contribution < 1.29 is 14.5 Å². The number of carbonyl (C=O) groups is 2. The molecule has 0 aromatic heterocycles. The minimum atomic E-state index is -0.730. The van der Waals surface area contributed by atoms with E-state index in [1.54, 1.807) is 0 Å². The largest absolute Gasteiger partial charge is 0.368 e. The summed E-state index contributed by atoms with van der Waals surface area (Å²) in [6.45, 7) is 0. The van der Waals surface area contributed by atoms with Gasteiger partial charge in [-0.05, 0) is 24.8 Å². The predicted octanol–water partition coefficient (Wildman–Crippen LogP) is 1.76. The molecule has 7 heteroatoms. The lowest BCUT2D eigenvalue weighted by Gasteiger charge is -2.28. The summed E-state index contributed by atoms with van der Waals surface area (Å²) in [6, 6.07) is 4.68. The van der Waals surface area contributed by atoms with Gasteiger partial charge in [0.15, 0.2) is 0 Å². The smallest absolute Gasteiger partial charge is 0.270 e. The van der Waals surface area contributed by atoms with Gasteiger partial charge in [-0.25, -0.2) is 0 Å². The molecule has 1 aliphatic rings. The van der Waals surface area contributed by atoms with E-state index in [4.69, 9.17) is 5.73 Å². The standard InChI is InChI=1S/C15H19N3O4/c16-14(19)13(10-5-2-1-3-6-10)17-15(20)11-7-4-8-12(9-11)18(21)22/h4,7-10,13H,1-3,5-6H2,(H2,16,19)(H,17,20)/t13-/m0/s1. The molecule has 0 unspecified atom stereocenters. The van der Waals surface area contributed by atoms with Crippen molar-refractivity contribution in [1.29, 1.82) is 0 Å². The number of nitrogens with one attached hydrogen (secondary N) is 1. The van der Waals surface area contributed by atoms with Gasteiger partial charge in [0.2, 0.25) is 5.91 Å². The molecule has 1 atom stereocenters. The summed E-state index contributed by atoms with van der Waals surface area (Å²) in [5, 5.41) is 13.4.